The second-order valence-corrected chi connectivity index (χ2v) is 4.83. The number of hydrogen-bond acceptors (Lipinski definition) is 3. The standard InChI is InChI=1S/C13H9BrF3NO2/c14-9-5-11(13(15,16)17)12(18-6-9)20-10-3-1-2-8(4-10)7-19/h1-6,19H,7H2. The Balaban J connectivity index is 2.38. The third kappa shape index (κ3) is 3.49. The molecule has 0 aliphatic heterocycles. The summed E-state index contributed by atoms with van der Waals surface area (Å²) in [4.78, 5) is 3.64. The molecule has 7 heteroatoms. The Hall–Kier alpha value is -1.60. The van der Waals surface area contributed by atoms with Gasteiger partial charge in [-0.25, -0.2) is 4.98 Å². The van der Waals surface area contributed by atoms with Gasteiger partial charge in [-0.05, 0) is 39.7 Å². The molecule has 0 aliphatic rings. The summed E-state index contributed by atoms with van der Waals surface area (Å²) >= 11 is 2.95. The van der Waals surface area contributed by atoms with Gasteiger partial charge in [-0.15, -0.1) is 0 Å². The van der Waals surface area contributed by atoms with Crippen LogP contribution in [-0.2, 0) is 12.8 Å². The van der Waals surface area contributed by atoms with Gasteiger partial charge in [0.1, 0.15) is 11.3 Å². The van der Waals surface area contributed by atoms with E-state index in [1.807, 2.05) is 0 Å². The SMILES string of the molecule is OCc1cccc(Oc2ncc(Br)cc2C(F)(F)F)c1. The van der Waals surface area contributed by atoms with Crippen molar-refractivity contribution in [3.05, 3.63) is 52.1 Å². The summed E-state index contributed by atoms with van der Waals surface area (Å²) in [6, 6.07) is 7.05. The van der Waals surface area contributed by atoms with Gasteiger partial charge in [-0.2, -0.15) is 13.2 Å². The van der Waals surface area contributed by atoms with Crippen LogP contribution in [0.5, 0.6) is 11.6 Å². The average Bonchev–Trinajstić information content (AvgIpc) is 2.40. The van der Waals surface area contributed by atoms with Crippen molar-refractivity contribution in [2.24, 2.45) is 0 Å². The first-order valence-electron chi connectivity index (χ1n) is 5.50. The van der Waals surface area contributed by atoms with Crippen LogP contribution in [0.15, 0.2) is 41.0 Å². The predicted octanol–water partition coefficient (Wildman–Crippen LogP) is 4.15. The zero-order valence-corrected chi connectivity index (χ0v) is 11.6. The molecule has 0 spiro atoms. The van der Waals surface area contributed by atoms with Gasteiger partial charge in [0.05, 0.1) is 6.61 Å². The fraction of sp³-hybridized carbons (Fsp3) is 0.154. The van der Waals surface area contributed by atoms with E-state index in [2.05, 4.69) is 20.9 Å². The summed E-state index contributed by atoms with van der Waals surface area (Å²) < 4.78 is 44.1. The minimum Gasteiger partial charge on any atom is -0.438 e. The maximum Gasteiger partial charge on any atom is 0.421 e. The molecule has 0 saturated heterocycles. The Morgan fingerprint density at radius 2 is 2.00 bits per heavy atom. The molecule has 0 atom stereocenters. The number of halogens is 4. The topological polar surface area (TPSA) is 42.4 Å². The van der Waals surface area contributed by atoms with Crippen LogP contribution >= 0.6 is 15.9 Å². The lowest BCUT2D eigenvalue weighted by atomic mass is 10.2. The molecule has 0 fully saturated rings. The lowest BCUT2D eigenvalue weighted by Gasteiger charge is -2.13. The van der Waals surface area contributed by atoms with Gasteiger partial charge in [0.15, 0.2) is 0 Å². The van der Waals surface area contributed by atoms with Gasteiger partial charge >= 0.3 is 6.18 Å². The quantitative estimate of drug-likeness (QED) is 0.906. The smallest absolute Gasteiger partial charge is 0.421 e. The molecule has 3 nitrogen and oxygen atoms in total. The molecular formula is C13H9BrF3NO2. The number of aliphatic hydroxyl groups is 1. The minimum atomic E-state index is -4.57. The van der Waals surface area contributed by atoms with Crippen LogP contribution in [0.25, 0.3) is 0 Å². The first-order chi connectivity index (χ1) is 9.40. The lowest BCUT2D eigenvalue weighted by Crippen LogP contribution is -2.08. The molecule has 1 aromatic carbocycles. The first kappa shape index (κ1) is 14.8. The number of aliphatic hydroxyl groups excluding tert-OH is 1. The van der Waals surface area contributed by atoms with Crippen molar-refractivity contribution in [3.63, 3.8) is 0 Å². The number of alkyl halides is 3. The van der Waals surface area contributed by atoms with E-state index in [0.717, 1.165) is 6.07 Å². The summed E-state index contributed by atoms with van der Waals surface area (Å²) in [5.74, 6) is -0.354. The molecule has 0 unspecified atom stereocenters. The normalized spacial score (nSPS) is 11.4. The molecule has 2 aromatic rings. The zero-order chi connectivity index (χ0) is 14.8. The van der Waals surface area contributed by atoms with E-state index in [1.165, 1.54) is 18.3 Å². The monoisotopic (exact) mass is 347 g/mol. The summed E-state index contributed by atoms with van der Waals surface area (Å²) in [5, 5.41) is 8.99. The van der Waals surface area contributed by atoms with E-state index in [1.54, 1.807) is 12.1 Å². The van der Waals surface area contributed by atoms with Crippen molar-refractivity contribution in [1.82, 2.24) is 4.98 Å². The van der Waals surface area contributed by atoms with Crippen molar-refractivity contribution in [3.8, 4) is 11.6 Å². The molecule has 0 bridgehead atoms. The molecular weight excluding hydrogens is 339 g/mol. The Bertz CT molecular complexity index is 617. The van der Waals surface area contributed by atoms with Gasteiger partial charge < -0.3 is 9.84 Å². The fourth-order valence-corrected chi connectivity index (χ4v) is 1.86. The summed E-state index contributed by atoms with van der Waals surface area (Å²) in [7, 11) is 0. The highest BCUT2D eigenvalue weighted by Gasteiger charge is 2.35. The molecule has 1 N–H and O–H groups in total. The van der Waals surface area contributed by atoms with Crippen LogP contribution in [0.1, 0.15) is 11.1 Å². The zero-order valence-electron chi connectivity index (χ0n) is 9.99. The molecule has 0 saturated carbocycles. The molecule has 106 valence electrons. The minimum absolute atomic E-state index is 0.178. The number of hydrogen-bond donors (Lipinski definition) is 1. The summed E-state index contributed by atoms with van der Waals surface area (Å²) in [6.45, 7) is -0.225. The van der Waals surface area contributed by atoms with Crippen LogP contribution in [0.2, 0.25) is 0 Å². The van der Waals surface area contributed by atoms with Crippen LogP contribution in [0.3, 0.4) is 0 Å². The van der Waals surface area contributed by atoms with E-state index in [4.69, 9.17) is 9.84 Å². The van der Waals surface area contributed by atoms with Gasteiger partial charge in [0, 0.05) is 10.7 Å². The van der Waals surface area contributed by atoms with Gasteiger partial charge in [0.2, 0.25) is 5.88 Å². The van der Waals surface area contributed by atoms with Gasteiger partial charge in [0.25, 0.3) is 0 Å². The van der Waals surface area contributed by atoms with Crippen molar-refractivity contribution in [1.29, 1.82) is 0 Å². The van der Waals surface area contributed by atoms with Gasteiger partial charge in [-0.1, -0.05) is 12.1 Å². The molecule has 1 aromatic heterocycles. The third-order valence-corrected chi connectivity index (χ3v) is 2.85. The molecule has 1 heterocycles. The first-order valence-corrected chi connectivity index (χ1v) is 6.30. The highest BCUT2D eigenvalue weighted by Crippen LogP contribution is 2.38. The molecule has 20 heavy (non-hydrogen) atoms. The number of ether oxygens (including phenoxy) is 1. The van der Waals surface area contributed by atoms with Crippen LogP contribution in [0.4, 0.5) is 13.2 Å². The number of aromatic nitrogens is 1. The van der Waals surface area contributed by atoms with E-state index in [0.29, 0.717) is 5.56 Å². The number of pyridine rings is 1. The Kier molecular flexibility index (Phi) is 4.29. The summed E-state index contributed by atoms with van der Waals surface area (Å²) in [5.41, 5.74) is -0.436. The highest BCUT2D eigenvalue weighted by atomic mass is 79.9. The maximum atomic E-state index is 12.9. The molecule has 2 rings (SSSR count). The van der Waals surface area contributed by atoms with E-state index < -0.39 is 17.6 Å². The lowest BCUT2D eigenvalue weighted by molar-refractivity contribution is -0.138. The van der Waals surface area contributed by atoms with E-state index in [-0.39, 0.29) is 16.8 Å². The largest absolute Gasteiger partial charge is 0.438 e. The third-order valence-electron chi connectivity index (χ3n) is 2.42. The van der Waals surface area contributed by atoms with Crippen molar-refractivity contribution in [2.75, 3.05) is 0 Å². The van der Waals surface area contributed by atoms with Crippen LogP contribution in [0, 0.1) is 0 Å². The number of benzene rings is 1. The van der Waals surface area contributed by atoms with Crippen LogP contribution < -0.4 is 4.74 Å². The Morgan fingerprint density at radius 1 is 1.25 bits per heavy atom. The van der Waals surface area contributed by atoms with E-state index in [9.17, 15) is 13.2 Å². The van der Waals surface area contributed by atoms with Gasteiger partial charge in [-0.3, -0.25) is 0 Å². The predicted molar refractivity (Wildman–Crippen MR) is 69.4 cm³/mol. The second-order valence-electron chi connectivity index (χ2n) is 3.91. The van der Waals surface area contributed by atoms with Crippen molar-refractivity contribution in [2.45, 2.75) is 12.8 Å². The highest BCUT2D eigenvalue weighted by molar-refractivity contribution is 9.10. The average molecular weight is 348 g/mol. The van der Waals surface area contributed by atoms with E-state index >= 15 is 0 Å². The number of nitrogens with zero attached hydrogens (tertiary/aromatic N) is 1. The van der Waals surface area contributed by atoms with Crippen molar-refractivity contribution < 1.29 is 23.0 Å². The number of rotatable bonds is 3. The molecule has 0 amide bonds. The fourth-order valence-electron chi connectivity index (χ4n) is 1.53. The van der Waals surface area contributed by atoms with Crippen LogP contribution in [-0.4, -0.2) is 10.1 Å². The Morgan fingerprint density at radius 3 is 2.65 bits per heavy atom. The molecule has 0 aliphatic carbocycles. The van der Waals surface area contributed by atoms with Crippen molar-refractivity contribution >= 4 is 15.9 Å². The summed E-state index contributed by atoms with van der Waals surface area (Å²) in [6.07, 6.45) is -3.35. The second kappa shape index (κ2) is 5.80. The Labute approximate surface area is 121 Å². The maximum absolute atomic E-state index is 12.9. The molecule has 0 radical (unpaired) electrons.